The zero-order chi connectivity index (χ0) is 16.6. The highest BCUT2D eigenvalue weighted by atomic mass is 19.1. The number of benzene rings is 2. The Balaban J connectivity index is 2.12. The Bertz CT molecular complexity index is 1020. The summed E-state index contributed by atoms with van der Waals surface area (Å²) in [4.78, 5) is 12.0. The molecule has 1 heterocycles. The standard InChI is InChI=1S/C18H14FN3O/c1-21-16-8-3-12(10-17(16)22(2)18(21)23)9-14(11-20)13-4-6-15(19)7-5-13/h3-10H,1-2H3/b14-9+. The number of fused-ring (bicyclic) bond motifs is 1. The first-order valence-corrected chi connectivity index (χ1v) is 7.04. The van der Waals surface area contributed by atoms with Gasteiger partial charge in [-0.2, -0.15) is 5.26 Å². The van der Waals surface area contributed by atoms with E-state index in [1.165, 1.54) is 12.1 Å². The number of aryl methyl sites for hydroxylation is 2. The van der Waals surface area contributed by atoms with Gasteiger partial charge in [0.05, 0.1) is 22.7 Å². The van der Waals surface area contributed by atoms with Crippen molar-refractivity contribution >= 4 is 22.7 Å². The van der Waals surface area contributed by atoms with Gasteiger partial charge in [0.25, 0.3) is 0 Å². The summed E-state index contributed by atoms with van der Waals surface area (Å²) in [6.45, 7) is 0. The lowest BCUT2D eigenvalue weighted by atomic mass is 10.0. The first kappa shape index (κ1) is 14.8. The van der Waals surface area contributed by atoms with Crippen molar-refractivity contribution < 1.29 is 4.39 Å². The van der Waals surface area contributed by atoms with Crippen LogP contribution in [0.5, 0.6) is 0 Å². The molecular weight excluding hydrogens is 293 g/mol. The Morgan fingerprint density at radius 3 is 2.39 bits per heavy atom. The zero-order valence-electron chi connectivity index (χ0n) is 12.7. The number of nitrogens with zero attached hydrogens (tertiary/aromatic N) is 3. The number of rotatable bonds is 2. The van der Waals surface area contributed by atoms with Crippen LogP contribution in [0.15, 0.2) is 47.3 Å². The van der Waals surface area contributed by atoms with E-state index in [4.69, 9.17) is 0 Å². The molecule has 0 unspecified atom stereocenters. The third-order valence-electron chi connectivity index (χ3n) is 3.88. The van der Waals surface area contributed by atoms with E-state index in [0.29, 0.717) is 11.1 Å². The summed E-state index contributed by atoms with van der Waals surface area (Å²) >= 11 is 0. The molecule has 114 valence electrons. The molecule has 0 aliphatic carbocycles. The Hall–Kier alpha value is -3.13. The lowest BCUT2D eigenvalue weighted by Gasteiger charge is -2.01. The summed E-state index contributed by atoms with van der Waals surface area (Å²) < 4.78 is 16.1. The second-order valence-corrected chi connectivity index (χ2v) is 5.33. The van der Waals surface area contributed by atoms with Crippen LogP contribution in [0.3, 0.4) is 0 Å². The summed E-state index contributed by atoms with van der Waals surface area (Å²) in [5.41, 5.74) is 3.42. The summed E-state index contributed by atoms with van der Waals surface area (Å²) in [5, 5.41) is 9.35. The Kier molecular flexibility index (Phi) is 3.59. The molecule has 0 N–H and O–H groups in total. The summed E-state index contributed by atoms with van der Waals surface area (Å²) in [5.74, 6) is -0.341. The van der Waals surface area contributed by atoms with Gasteiger partial charge in [-0.15, -0.1) is 0 Å². The van der Waals surface area contributed by atoms with Crippen LogP contribution in [0.1, 0.15) is 11.1 Å². The van der Waals surface area contributed by atoms with Gasteiger partial charge in [0, 0.05) is 14.1 Å². The van der Waals surface area contributed by atoms with Gasteiger partial charge < -0.3 is 0 Å². The average molecular weight is 307 g/mol. The van der Waals surface area contributed by atoms with E-state index in [2.05, 4.69) is 6.07 Å². The summed E-state index contributed by atoms with van der Waals surface area (Å²) in [6.07, 6.45) is 1.73. The second-order valence-electron chi connectivity index (χ2n) is 5.33. The minimum atomic E-state index is -0.341. The number of hydrogen-bond acceptors (Lipinski definition) is 2. The predicted octanol–water partition coefficient (Wildman–Crippen LogP) is 3.08. The van der Waals surface area contributed by atoms with E-state index >= 15 is 0 Å². The van der Waals surface area contributed by atoms with Gasteiger partial charge in [0.15, 0.2) is 0 Å². The van der Waals surface area contributed by atoms with Crippen LogP contribution in [0, 0.1) is 17.1 Å². The highest BCUT2D eigenvalue weighted by Gasteiger charge is 2.08. The normalized spacial score (nSPS) is 11.7. The number of aromatic nitrogens is 2. The molecule has 1 aromatic heterocycles. The van der Waals surface area contributed by atoms with Crippen molar-refractivity contribution in [3.8, 4) is 6.07 Å². The molecule has 0 radical (unpaired) electrons. The molecule has 0 aliphatic rings. The lowest BCUT2D eigenvalue weighted by molar-refractivity contribution is 0.627. The van der Waals surface area contributed by atoms with Gasteiger partial charge in [-0.05, 0) is 41.5 Å². The van der Waals surface area contributed by atoms with Crippen LogP contribution in [-0.4, -0.2) is 9.13 Å². The van der Waals surface area contributed by atoms with Crippen LogP contribution in [0.2, 0.25) is 0 Å². The molecule has 0 amide bonds. The topological polar surface area (TPSA) is 50.7 Å². The van der Waals surface area contributed by atoms with Crippen LogP contribution in [0.25, 0.3) is 22.7 Å². The molecule has 0 saturated heterocycles. The third-order valence-corrected chi connectivity index (χ3v) is 3.88. The third kappa shape index (κ3) is 2.55. The van der Waals surface area contributed by atoms with Crippen LogP contribution >= 0.6 is 0 Å². The molecule has 0 saturated carbocycles. The molecule has 5 heteroatoms. The molecule has 0 spiro atoms. The highest BCUT2D eigenvalue weighted by Crippen LogP contribution is 2.21. The van der Waals surface area contributed by atoms with Gasteiger partial charge in [-0.25, -0.2) is 9.18 Å². The Morgan fingerprint density at radius 1 is 1.09 bits per heavy atom. The Labute approximate surface area is 132 Å². The molecule has 0 bridgehead atoms. The summed E-state index contributed by atoms with van der Waals surface area (Å²) in [6, 6.07) is 13.5. The first-order chi connectivity index (χ1) is 11.0. The number of nitriles is 1. The molecule has 4 nitrogen and oxygen atoms in total. The van der Waals surface area contributed by atoms with Crippen molar-refractivity contribution in [3.05, 3.63) is 69.9 Å². The maximum Gasteiger partial charge on any atom is 0.328 e. The molecule has 0 aliphatic heterocycles. The average Bonchev–Trinajstić information content (AvgIpc) is 2.78. The fourth-order valence-corrected chi connectivity index (χ4v) is 2.59. The minimum absolute atomic E-state index is 0.0971. The van der Waals surface area contributed by atoms with E-state index in [-0.39, 0.29) is 11.5 Å². The largest absolute Gasteiger partial charge is 0.328 e. The van der Waals surface area contributed by atoms with Crippen molar-refractivity contribution in [2.45, 2.75) is 0 Å². The second kappa shape index (κ2) is 5.58. The minimum Gasteiger partial charge on any atom is -0.295 e. The maximum absolute atomic E-state index is 13.0. The zero-order valence-corrected chi connectivity index (χ0v) is 12.7. The van der Waals surface area contributed by atoms with Gasteiger partial charge in [-0.3, -0.25) is 9.13 Å². The van der Waals surface area contributed by atoms with Gasteiger partial charge in [0.2, 0.25) is 0 Å². The quantitative estimate of drug-likeness (QED) is 0.539. The van der Waals surface area contributed by atoms with Crippen LogP contribution in [-0.2, 0) is 14.1 Å². The summed E-state index contributed by atoms with van der Waals surface area (Å²) in [7, 11) is 3.43. The molecule has 3 aromatic rings. The van der Waals surface area contributed by atoms with Gasteiger partial charge >= 0.3 is 5.69 Å². The molecule has 2 aromatic carbocycles. The van der Waals surface area contributed by atoms with Gasteiger partial charge in [0.1, 0.15) is 5.82 Å². The van der Waals surface area contributed by atoms with E-state index in [0.717, 1.165) is 16.6 Å². The van der Waals surface area contributed by atoms with E-state index in [1.54, 1.807) is 41.4 Å². The monoisotopic (exact) mass is 307 g/mol. The fourth-order valence-electron chi connectivity index (χ4n) is 2.59. The Morgan fingerprint density at radius 2 is 1.74 bits per heavy atom. The first-order valence-electron chi connectivity index (χ1n) is 7.04. The molecule has 23 heavy (non-hydrogen) atoms. The van der Waals surface area contributed by atoms with E-state index in [9.17, 15) is 14.4 Å². The number of imidazole rings is 1. The SMILES string of the molecule is Cn1c(=O)n(C)c2cc(/C=C(\C#N)c3ccc(F)cc3)ccc21. The molecule has 3 rings (SSSR count). The van der Waals surface area contributed by atoms with Crippen molar-refractivity contribution in [2.24, 2.45) is 14.1 Å². The van der Waals surface area contributed by atoms with E-state index in [1.807, 2.05) is 18.2 Å². The van der Waals surface area contributed by atoms with Gasteiger partial charge in [-0.1, -0.05) is 18.2 Å². The molecule has 0 atom stereocenters. The van der Waals surface area contributed by atoms with Crippen LogP contribution < -0.4 is 5.69 Å². The van der Waals surface area contributed by atoms with Crippen LogP contribution in [0.4, 0.5) is 4.39 Å². The van der Waals surface area contributed by atoms with Crippen molar-refractivity contribution in [2.75, 3.05) is 0 Å². The van der Waals surface area contributed by atoms with E-state index < -0.39 is 0 Å². The molecule has 0 fully saturated rings. The maximum atomic E-state index is 13.0. The van der Waals surface area contributed by atoms with Crippen molar-refractivity contribution in [1.29, 1.82) is 5.26 Å². The van der Waals surface area contributed by atoms with Crippen molar-refractivity contribution in [1.82, 2.24) is 9.13 Å². The smallest absolute Gasteiger partial charge is 0.295 e. The highest BCUT2D eigenvalue weighted by molar-refractivity contribution is 5.91. The lowest BCUT2D eigenvalue weighted by Crippen LogP contribution is -2.19. The molecular formula is C18H14FN3O. The number of allylic oxidation sites excluding steroid dienone is 1. The van der Waals surface area contributed by atoms with Crippen molar-refractivity contribution in [3.63, 3.8) is 0 Å². The number of halogens is 1. The predicted molar refractivity (Wildman–Crippen MR) is 88.0 cm³/mol. The fraction of sp³-hybridized carbons (Fsp3) is 0.111. The number of hydrogen-bond donors (Lipinski definition) is 0.